The number of nitrogens with one attached hydrogen (secondary N) is 2. The molecule has 0 aliphatic rings. The molecule has 0 bridgehead atoms. The van der Waals surface area contributed by atoms with Gasteiger partial charge in [0.25, 0.3) is 0 Å². The van der Waals surface area contributed by atoms with E-state index >= 15 is 0 Å². The average Bonchev–Trinajstić information content (AvgIpc) is 2.67. The molecule has 2 aromatic rings. The molecule has 0 aromatic carbocycles. The first-order valence-electron chi connectivity index (χ1n) is 8.98. The van der Waals surface area contributed by atoms with E-state index in [0.717, 1.165) is 6.07 Å². The molecule has 0 saturated heterocycles. The molecular weight excluding hydrogens is 461 g/mol. The maximum Gasteiger partial charge on any atom is 0.451 e. The van der Waals surface area contributed by atoms with Crippen molar-refractivity contribution in [1.29, 1.82) is 0 Å². The maximum atomic E-state index is 13.1. The van der Waals surface area contributed by atoms with E-state index in [0.29, 0.717) is 6.20 Å². The standard InChI is InChI=1S/C16H16F9N7/c1-3-8(14(17,18)19)28-12-30-10(7-5-6-26-11(27-7)16(23,24)25)31-13(32-12)29-9(4-2)15(20,21)22/h5-6,8-9H,3-4H2,1-2H3,(H2,28,29,30,31,32)/t8-,9-/m0/s1. The molecule has 0 saturated carbocycles. The summed E-state index contributed by atoms with van der Waals surface area (Å²) in [5.41, 5.74) is -0.582. The molecule has 0 unspecified atom stereocenters. The Morgan fingerprint density at radius 1 is 0.750 bits per heavy atom. The second kappa shape index (κ2) is 9.28. The molecule has 0 radical (unpaired) electrons. The van der Waals surface area contributed by atoms with Crippen LogP contribution in [0, 0.1) is 0 Å². The van der Waals surface area contributed by atoms with Gasteiger partial charge in [0.2, 0.25) is 17.7 Å². The molecular formula is C16H16F9N7. The number of hydrogen-bond donors (Lipinski definition) is 2. The summed E-state index contributed by atoms with van der Waals surface area (Å²) in [5, 5.41) is 3.84. The third-order valence-corrected chi connectivity index (χ3v) is 3.99. The molecule has 2 N–H and O–H groups in total. The first kappa shape index (κ1) is 25.3. The van der Waals surface area contributed by atoms with Crippen molar-refractivity contribution < 1.29 is 39.5 Å². The SMILES string of the molecule is CC[C@H](Nc1nc(N[C@@H](CC)C(F)(F)F)nc(-c2ccnc(C(F)(F)F)n2)n1)C(F)(F)F. The van der Waals surface area contributed by atoms with Crippen LogP contribution in [0.2, 0.25) is 0 Å². The predicted molar refractivity (Wildman–Crippen MR) is 93.4 cm³/mol. The highest BCUT2D eigenvalue weighted by molar-refractivity contribution is 5.53. The normalized spacial score (nSPS) is 14.7. The summed E-state index contributed by atoms with van der Waals surface area (Å²) >= 11 is 0. The van der Waals surface area contributed by atoms with Crippen molar-refractivity contribution in [3.05, 3.63) is 18.1 Å². The number of nitrogens with zero attached hydrogens (tertiary/aromatic N) is 5. The summed E-state index contributed by atoms with van der Waals surface area (Å²) in [6.45, 7) is 2.37. The van der Waals surface area contributed by atoms with E-state index in [2.05, 4.69) is 24.9 Å². The van der Waals surface area contributed by atoms with E-state index in [-0.39, 0.29) is 0 Å². The Kier molecular flexibility index (Phi) is 7.34. The van der Waals surface area contributed by atoms with Crippen molar-refractivity contribution in [3.8, 4) is 11.5 Å². The molecule has 0 spiro atoms. The fourth-order valence-corrected chi connectivity index (χ4v) is 2.38. The van der Waals surface area contributed by atoms with Crippen LogP contribution in [-0.4, -0.2) is 49.4 Å². The minimum atomic E-state index is -4.96. The zero-order valence-corrected chi connectivity index (χ0v) is 16.4. The van der Waals surface area contributed by atoms with Gasteiger partial charge in [-0.25, -0.2) is 9.97 Å². The smallest absolute Gasteiger partial charge is 0.342 e. The number of anilines is 2. The van der Waals surface area contributed by atoms with Gasteiger partial charge in [-0.15, -0.1) is 0 Å². The van der Waals surface area contributed by atoms with E-state index in [9.17, 15) is 39.5 Å². The van der Waals surface area contributed by atoms with Gasteiger partial charge in [-0.1, -0.05) is 13.8 Å². The van der Waals surface area contributed by atoms with Crippen LogP contribution in [0.4, 0.5) is 51.4 Å². The highest BCUT2D eigenvalue weighted by Crippen LogP contribution is 2.29. The van der Waals surface area contributed by atoms with Gasteiger partial charge in [0.1, 0.15) is 17.8 Å². The van der Waals surface area contributed by atoms with Gasteiger partial charge < -0.3 is 10.6 Å². The number of alkyl halides is 9. The Labute approximate surface area is 174 Å². The quantitative estimate of drug-likeness (QED) is 0.551. The second-order valence-electron chi connectivity index (χ2n) is 6.36. The fourth-order valence-electron chi connectivity index (χ4n) is 2.38. The highest BCUT2D eigenvalue weighted by atomic mass is 19.4. The summed E-state index contributed by atoms with van der Waals surface area (Å²) in [6, 6.07) is -3.43. The lowest BCUT2D eigenvalue weighted by atomic mass is 10.2. The lowest BCUT2D eigenvalue weighted by Crippen LogP contribution is -2.37. The summed E-state index contributed by atoms with van der Waals surface area (Å²) in [7, 11) is 0. The largest absolute Gasteiger partial charge is 0.451 e. The van der Waals surface area contributed by atoms with Crippen LogP contribution in [0.25, 0.3) is 11.5 Å². The van der Waals surface area contributed by atoms with E-state index in [4.69, 9.17) is 0 Å². The van der Waals surface area contributed by atoms with Crippen LogP contribution >= 0.6 is 0 Å². The monoisotopic (exact) mass is 477 g/mol. The predicted octanol–water partition coefficient (Wildman–Crippen LogP) is 4.85. The lowest BCUT2D eigenvalue weighted by molar-refractivity contribution is -0.145. The van der Waals surface area contributed by atoms with Gasteiger partial charge in [0.15, 0.2) is 5.82 Å². The molecule has 178 valence electrons. The zero-order chi connectivity index (χ0) is 24.3. The maximum absolute atomic E-state index is 13.1. The van der Waals surface area contributed by atoms with E-state index in [1.165, 1.54) is 13.8 Å². The van der Waals surface area contributed by atoms with Crippen LogP contribution in [0.15, 0.2) is 12.3 Å². The molecule has 2 heterocycles. The van der Waals surface area contributed by atoms with Crippen LogP contribution in [0.5, 0.6) is 0 Å². The number of hydrogen-bond acceptors (Lipinski definition) is 7. The molecule has 0 fully saturated rings. The van der Waals surface area contributed by atoms with E-state index in [1.807, 2.05) is 10.6 Å². The molecule has 0 aliphatic heterocycles. The second-order valence-corrected chi connectivity index (χ2v) is 6.36. The lowest BCUT2D eigenvalue weighted by Gasteiger charge is -2.22. The topological polar surface area (TPSA) is 88.5 Å². The van der Waals surface area contributed by atoms with E-state index in [1.54, 1.807) is 0 Å². The third-order valence-electron chi connectivity index (χ3n) is 3.99. The Morgan fingerprint density at radius 3 is 1.59 bits per heavy atom. The molecule has 7 nitrogen and oxygen atoms in total. The minimum Gasteiger partial charge on any atom is -0.342 e. The first-order valence-corrected chi connectivity index (χ1v) is 8.98. The fraction of sp³-hybridized carbons (Fsp3) is 0.562. The minimum absolute atomic E-state index is 0.487. The van der Waals surface area contributed by atoms with Crippen molar-refractivity contribution in [2.75, 3.05) is 10.6 Å². The Hall–Kier alpha value is -2.94. The molecule has 0 aliphatic carbocycles. The Morgan fingerprint density at radius 2 is 1.22 bits per heavy atom. The molecule has 2 atom stereocenters. The number of aromatic nitrogens is 5. The van der Waals surface area contributed by atoms with Gasteiger partial charge in [-0.3, -0.25) is 0 Å². The van der Waals surface area contributed by atoms with Gasteiger partial charge >= 0.3 is 18.5 Å². The Bertz CT molecular complexity index is 870. The van der Waals surface area contributed by atoms with Crippen LogP contribution < -0.4 is 10.6 Å². The molecule has 16 heteroatoms. The van der Waals surface area contributed by atoms with Crippen molar-refractivity contribution in [2.24, 2.45) is 0 Å². The summed E-state index contributed by atoms with van der Waals surface area (Å²) in [6.07, 6.45) is -14.8. The van der Waals surface area contributed by atoms with Crippen LogP contribution in [-0.2, 0) is 6.18 Å². The summed E-state index contributed by atoms with van der Waals surface area (Å²) in [4.78, 5) is 17.0. The number of rotatable bonds is 7. The summed E-state index contributed by atoms with van der Waals surface area (Å²) in [5.74, 6) is -3.88. The highest BCUT2D eigenvalue weighted by Gasteiger charge is 2.40. The van der Waals surface area contributed by atoms with Crippen molar-refractivity contribution in [2.45, 2.75) is 57.3 Å². The van der Waals surface area contributed by atoms with Crippen LogP contribution in [0.3, 0.4) is 0 Å². The van der Waals surface area contributed by atoms with Crippen molar-refractivity contribution >= 4 is 11.9 Å². The first-order chi connectivity index (χ1) is 14.6. The van der Waals surface area contributed by atoms with Gasteiger partial charge in [-0.05, 0) is 18.9 Å². The van der Waals surface area contributed by atoms with Gasteiger partial charge in [0.05, 0.1) is 0 Å². The zero-order valence-electron chi connectivity index (χ0n) is 16.4. The third kappa shape index (κ3) is 6.53. The Balaban J connectivity index is 2.56. The molecule has 2 aromatic heterocycles. The molecule has 0 amide bonds. The molecule has 2 rings (SSSR count). The van der Waals surface area contributed by atoms with E-state index < -0.39 is 72.7 Å². The van der Waals surface area contributed by atoms with Gasteiger partial charge in [-0.2, -0.15) is 54.5 Å². The van der Waals surface area contributed by atoms with Gasteiger partial charge in [0, 0.05) is 6.20 Å². The number of halogens is 9. The summed E-state index contributed by atoms with van der Waals surface area (Å²) < 4.78 is 117. The average molecular weight is 477 g/mol. The van der Waals surface area contributed by atoms with Crippen molar-refractivity contribution in [1.82, 2.24) is 24.9 Å². The van der Waals surface area contributed by atoms with Crippen molar-refractivity contribution in [3.63, 3.8) is 0 Å². The van der Waals surface area contributed by atoms with Crippen LogP contribution in [0.1, 0.15) is 32.5 Å². The molecule has 32 heavy (non-hydrogen) atoms.